The number of thiocarbonyl (C=S) groups is 1. The van der Waals surface area contributed by atoms with E-state index in [2.05, 4.69) is 0 Å². The van der Waals surface area contributed by atoms with Crippen LogP contribution >= 0.6 is 12.2 Å². The average molecular weight is 277 g/mol. The van der Waals surface area contributed by atoms with Crippen LogP contribution in [0.25, 0.3) is 0 Å². The Morgan fingerprint density at radius 2 is 1.95 bits per heavy atom. The molecule has 1 aromatic rings. The molecule has 0 aromatic heterocycles. The van der Waals surface area contributed by atoms with Crippen LogP contribution in [-0.4, -0.2) is 34.1 Å². The fourth-order valence-electron chi connectivity index (χ4n) is 2.65. The summed E-state index contributed by atoms with van der Waals surface area (Å²) in [5.41, 5.74) is 0.336. The number of nitrogens with zero attached hydrogens (tertiary/aromatic N) is 1. The Hall–Kier alpha value is -1.26. The number of ketones is 1. The third-order valence-corrected chi connectivity index (χ3v) is 4.38. The highest BCUT2D eigenvalue weighted by Gasteiger charge is 2.46. The molecule has 0 unspecified atom stereocenters. The van der Waals surface area contributed by atoms with Crippen molar-refractivity contribution in [2.45, 2.75) is 26.5 Å². The Kier molecular flexibility index (Phi) is 3.74. The second-order valence-electron chi connectivity index (χ2n) is 5.79. The quantitative estimate of drug-likeness (QED) is 0.666. The van der Waals surface area contributed by atoms with Crippen LogP contribution in [0.2, 0.25) is 0 Å². The van der Waals surface area contributed by atoms with E-state index in [0.29, 0.717) is 17.0 Å². The first-order valence-corrected chi connectivity index (χ1v) is 6.79. The van der Waals surface area contributed by atoms with Gasteiger partial charge in [-0.3, -0.25) is 4.79 Å². The van der Waals surface area contributed by atoms with Crippen LogP contribution in [-0.2, 0) is 0 Å². The molecule has 2 atom stereocenters. The lowest BCUT2D eigenvalue weighted by Crippen LogP contribution is -2.54. The number of aliphatic hydroxyl groups is 1. The SMILES string of the molecule is CN1C(=S)[C@H](C(=O)c2ccccc2)C(C)(C)C[C@@H]1O. The number of likely N-dealkylation sites (tertiary alicyclic amines) is 1. The number of Topliss-reactive ketones (excluding diaryl/α,β-unsaturated/α-hetero) is 1. The molecule has 102 valence electrons. The molecular weight excluding hydrogens is 258 g/mol. The van der Waals surface area contributed by atoms with E-state index in [4.69, 9.17) is 12.2 Å². The molecule has 1 aromatic carbocycles. The molecule has 0 spiro atoms. The summed E-state index contributed by atoms with van der Waals surface area (Å²) in [5, 5.41) is 9.98. The lowest BCUT2D eigenvalue weighted by molar-refractivity contribution is -0.00525. The Balaban J connectivity index is 2.36. The third-order valence-electron chi connectivity index (χ3n) is 3.85. The zero-order valence-corrected chi connectivity index (χ0v) is 12.3. The first-order chi connectivity index (χ1) is 8.84. The second kappa shape index (κ2) is 5.02. The molecular formula is C15H19NO2S. The first-order valence-electron chi connectivity index (χ1n) is 6.38. The molecule has 2 rings (SSSR count). The van der Waals surface area contributed by atoms with Crippen LogP contribution < -0.4 is 0 Å². The van der Waals surface area contributed by atoms with Crippen LogP contribution in [0.15, 0.2) is 30.3 Å². The minimum atomic E-state index is -0.609. The van der Waals surface area contributed by atoms with Gasteiger partial charge >= 0.3 is 0 Å². The molecule has 3 nitrogen and oxygen atoms in total. The van der Waals surface area contributed by atoms with Gasteiger partial charge < -0.3 is 10.0 Å². The fourth-order valence-corrected chi connectivity index (χ4v) is 3.19. The summed E-state index contributed by atoms with van der Waals surface area (Å²) in [4.78, 5) is 14.8. The van der Waals surface area contributed by atoms with Crippen LogP contribution in [0.1, 0.15) is 30.6 Å². The number of hydrogen-bond donors (Lipinski definition) is 1. The van der Waals surface area contributed by atoms with Gasteiger partial charge in [-0.25, -0.2) is 0 Å². The van der Waals surface area contributed by atoms with Crippen LogP contribution in [0.5, 0.6) is 0 Å². The summed E-state index contributed by atoms with van der Waals surface area (Å²) in [6.07, 6.45) is -0.0744. The van der Waals surface area contributed by atoms with Gasteiger partial charge in [0.2, 0.25) is 0 Å². The van der Waals surface area contributed by atoms with E-state index < -0.39 is 6.23 Å². The maximum absolute atomic E-state index is 12.7. The van der Waals surface area contributed by atoms with Crippen molar-refractivity contribution in [3.63, 3.8) is 0 Å². The van der Waals surface area contributed by atoms with Gasteiger partial charge in [0, 0.05) is 12.6 Å². The monoisotopic (exact) mass is 277 g/mol. The van der Waals surface area contributed by atoms with Crippen molar-refractivity contribution in [1.29, 1.82) is 0 Å². The summed E-state index contributed by atoms with van der Waals surface area (Å²) in [5.74, 6) is -0.326. The molecule has 0 saturated carbocycles. The van der Waals surface area contributed by atoms with Crippen LogP contribution in [0.4, 0.5) is 0 Å². The highest BCUT2D eigenvalue weighted by atomic mass is 32.1. The number of piperidine rings is 1. The number of rotatable bonds is 2. The number of aliphatic hydroxyl groups excluding tert-OH is 1. The van der Waals surface area contributed by atoms with Crippen molar-refractivity contribution in [2.24, 2.45) is 11.3 Å². The van der Waals surface area contributed by atoms with Gasteiger partial charge in [-0.2, -0.15) is 0 Å². The minimum absolute atomic E-state index is 0.0364. The zero-order valence-electron chi connectivity index (χ0n) is 11.5. The molecule has 1 heterocycles. The van der Waals surface area contributed by atoms with E-state index in [1.165, 1.54) is 0 Å². The molecule has 1 fully saturated rings. The molecule has 0 bridgehead atoms. The van der Waals surface area contributed by atoms with Crippen LogP contribution in [0, 0.1) is 11.3 Å². The molecule has 0 amide bonds. The number of carbonyl (C=O) groups excluding carboxylic acids is 1. The molecule has 4 heteroatoms. The molecule has 0 aliphatic carbocycles. The number of hydrogen-bond acceptors (Lipinski definition) is 3. The molecule has 19 heavy (non-hydrogen) atoms. The average Bonchev–Trinajstić information content (AvgIpc) is 2.36. The maximum Gasteiger partial charge on any atom is 0.173 e. The van der Waals surface area contributed by atoms with Crippen molar-refractivity contribution in [3.8, 4) is 0 Å². The molecule has 0 radical (unpaired) electrons. The van der Waals surface area contributed by atoms with Gasteiger partial charge in [-0.05, 0) is 11.8 Å². The van der Waals surface area contributed by atoms with E-state index >= 15 is 0 Å². The third kappa shape index (κ3) is 2.55. The second-order valence-corrected chi connectivity index (χ2v) is 6.20. The Bertz CT molecular complexity index is 498. The summed E-state index contributed by atoms with van der Waals surface area (Å²) < 4.78 is 0. The Labute approximate surface area is 119 Å². The first kappa shape index (κ1) is 14.2. The summed E-state index contributed by atoms with van der Waals surface area (Å²) >= 11 is 5.40. The Morgan fingerprint density at radius 1 is 1.37 bits per heavy atom. The predicted molar refractivity (Wildman–Crippen MR) is 79.0 cm³/mol. The van der Waals surface area contributed by atoms with Crippen molar-refractivity contribution in [1.82, 2.24) is 4.90 Å². The normalized spacial score (nSPS) is 26.3. The van der Waals surface area contributed by atoms with E-state index in [9.17, 15) is 9.90 Å². The smallest absolute Gasteiger partial charge is 0.173 e. The van der Waals surface area contributed by atoms with Gasteiger partial charge in [-0.1, -0.05) is 56.4 Å². The van der Waals surface area contributed by atoms with Gasteiger partial charge in [0.05, 0.1) is 10.9 Å². The number of carbonyl (C=O) groups is 1. The van der Waals surface area contributed by atoms with Crippen molar-refractivity contribution in [2.75, 3.05) is 7.05 Å². The standard InChI is InChI=1S/C15H19NO2S/c1-15(2)9-11(17)16(3)14(19)12(15)13(18)10-7-5-4-6-8-10/h4-8,11-12,17H,9H2,1-3H3/t11-,12-/m0/s1. The molecule has 1 N–H and O–H groups in total. The van der Waals surface area contributed by atoms with Crippen molar-refractivity contribution in [3.05, 3.63) is 35.9 Å². The van der Waals surface area contributed by atoms with Crippen LogP contribution in [0.3, 0.4) is 0 Å². The Morgan fingerprint density at radius 3 is 2.53 bits per heavy atom. The van der Waals surface area contributed by atoms with Crippen molar-refractivity contribution >= 4 is 23.0 Å². The van der Waals surface area contributed by atoms with E-state index in [-0.39, 0.29) is 17.1 Å². The fraction of sp³-hybridized carbons (Fsp3) is 0.467. The summed E-state index contributed by atoms with van der Waals surface area (Å²) in [6.45, 7) is 3.97. The van der Waals surface area contributed by atoms with E-state index in [0.717, 1.165) is 0 Å². The van der Waals surface area contributed by atoms with Gasteiger partial charge in [0.15, 0.2) is 5.78 Å². The summed E-state index contributed by atoms with van der Waals surface area (Å²) in [7, 11) is 1.74. The molecule has 1 saturated heterocycles. The zero-order chi connectivity index (χ0) is 14.2. The van der Waals surface area contributed by atoms with Gasteiger partial charge in [-0.15, -0.1) is 0 Å². The van der Waals surface area contributed by atoms with E-state index in [1.54, 1.807) is 11.9 Å². The topological polar surface area (TPSA) is 40.5 Å². The highest BCUT2D eigenvalue weighted by Crippen LogP contribution is 2.40. The van der Waals surface area contributed by atoms with Gasteiger partial charge in [0.1, 0.15) is 6.23 Å². The molecule has 1 aliphatic heterocycles. The highest BCUT2D eigenvalue weighted by molar-refractivity contribution is 7.80. The molecule has 1 aliphatic rings. The summed E-state index contributed by atoms with van der Waals surface area (Å²) in [6, 6.07) is 9.21. The number of benzene rings is 1. The van der Waals surface area contributed by atoms with Gasteiger partial charge in [0.25, 0.3) is 0 Å². The maximum atomic E-state index is 12.7. The predicted octanol–water partition coefficient (Wildman–Crippen LogP) is 2.49. The lowest BCUT2D eigenvalue weighted by Gasteiger charge is -2.45. The minimum Gasteiger partial charge on any atom is -0.374 e. The van der Waals surface area contributed by atoms with Crippen molar-refractivity contribution < 1.29 is 9.90 Å². The lowest BCUT2D eigenvalue weighted by atomic mass is 9.69. The van der Waals surface area contributed by atoms with E-state index in [1.807, 2.05) is 44.2 Å². The largest absolute Gasteiger partial charge is 0.374 e.